The molecular formula is C49H52F4N10O3. The Morgan fingerprint density at radius 2 is 1.14 bits per heavy atom. The van der Waals surface area contributed by atoms with Crippen LogP contribution in [0.1, 0.15) is 57.6 Å². The van der Waals surface area contributed by atoms with Crippen molar-refractivity contribution in [3.63, 3.8) is 0 Å². The Kier molecular flexibility index (Phi) is 12.5. The highest BCUT2D eigenvalue weighted by Crippen LogP contribution is 2.43. The van der Waals surface area contributed by atoms with E-state index in [-0.39, 0.29) is 46.1 Å². The van der Waals surface area contributed by atoms with Gasteiger partial charge in [0.15, 0.2) is 34.8 Å². The molecule has 2 aliphatic rings. The van der Waals surface area contributed by atoms with Crippen LogP contribution < -0.4 is 31.7 Å². The van der Waals surface area contributed by atoms with E-state index in [1.807, 2.05) is 74.2 Å². The van der Waals surface area contributed by atoms with Gasteiger partial charge in [0.25, 0.3) is 0 Å². The van der Waals surface area contributed by atoms with Gasteiger partial charge in [-0.1, -0.05) is 60.7 Å². The van der Waals surface area contributed by atoms with Crippen molar-refractivity contribution in [2.24, 2.45) is 5.73 Å². The Hall–Kier alpha value is -7.01. The molecule has 0 bridgehead atoms. The summed E-state index contributed by atoms with van der Waals surface area (Å²) in [5.41, 5.74) is 20.1. The normalized spacial score (nSPS) is 15.9. The van der Waals surface area contributed by atoms with Crippen molar-refractivity contribution in [2.75, 3.05) is 60.5 Å². The lowest BCUT2D eigenvalue weighted by Gasteiger charge is -2.48. The molecule has 8 rings (SSSR count). The number of ether oxygens (including phenoxy) is 1. The lowest BCUT2D eigenvalue weighted by atomic mass is 9.71. The minimum atomic E-state index is -1.14. The number of hydrogen-bond acceptors (Lipinski definition) is 12. The largest absolute Gasteiger partial charge is 0.504 e. The third-order valence-corrected chi connectivity index (χ3v) is 13.2. The van der Waals surface area contributed by atoms with Crippen LogP contribution in [0.25, 0.3) is 22.5 Å². The molecule has 1 amide bonds. The van der Waals surface area contributed by atoms with E-state index in [0.717, 1.165) is 36.1 Å². The highest BCUT2D eigenvalue weighted by Gasteiger charge is 2.43. The fourth-order valence-corrected chi connectivity index (χ4v) is 9.27. The maximum Gasteiger partial charge on any atom is 0.415 e. The van der Waals surface area contributed by atoms with Crippen LogP contribution in [-0.2, 0) is 10.8 Å². The number of aromatic nitrogens is 4. The number of carbonyl (C=O) groups is 1. The number of nitrogens with zero attached hydrogens (tertiary/aromatic N) is 7. The van der Waals surface area contributed by atoms with E-state index < -0.39 is 51.8 Å². The molecule has 0 spiro atoms. The van der Waals surface area contributed by atoms with E-state index in [4.69, 9.17) is 21.9 Å². The van der Waals surface area contributed by atoms with Crippen LogP contribution in [0, 0.1) is 23.3 Å². The Morgan fingerprint density at radius 1 is 0.682 bits per heavy atom. The summed E-state index contributed by atoms with van der Waals surface area (Å²) in [6.07, 6.45) is 1.53. The number of halogens is 4. The molecule has 0 saturated carbocycles. The number of phenolic OH excluding ortho intramolecular Hbond substituents is 1. The maximum absolute atomic E-state index is 16.1. The summed E-state index contributed by atoms with van der Waals surface area (Å²) in [5.74, 6) is -5.14. The number of anilines is 4. The summed E-state index contributed by atoms with van der Waals surface area (Å²) in [6, 6.07) is 26.2. The summed E-state index contributed by atoms with van der Waals surface area (Å²) < 4.78 is 65.7. The number of piperidine rings is 2. The van der Waals surface area contributed by atoms with Crippen molar-refractivity contribution in [3.05, 3.63) is 131 Å². The third-order valence-electron chi connectivity index (χ3n) is 13.2. The lowest BCUT2D eigenvalue weighted by molar-refractivity contribution is 0.0806. The van der Waals surface area contributed by atoms with Gasteiger partial charge in [0.1, 0.15) is 11.6 Å². The SMILES string of the molecule is CC(C)(C)N(CC1(c2ccccc2)CCN(c2cc(-c3cc(F)cc(F)c3O)nnc2N)CC1)C(=O)Oc1c(F)cc(F)cc1-c1cc(N2CCC(CN)(c3ccccc3)CC2)c(N)nn1. The average Bonchev–Trinajstić information content (AvgIpc) is 3.31. The first-order valence-electron chi connectivity index (χ1n) is 21.8. The number of nitrogen functional groups attached to an aromatic ring is 2. The van der Waals surface area contributed by atoms with Gasteiger partial charge in [-0.05, 0) is 81.8 Å². The quantitative estimate of drug-likeness (QED) is 0.0965. The predicted octanol–water partition coefficient (Wildman–Crippen LogP) is 8.36. The zero-order valence-corrected chi connectivity index (χ0v) is 36.9. The van der Waals surface area contributed by atoms with Gasteiger partial charge in [-0.25, -0.2) is 22.4 Å². The van der Waals surface area contributed by atoms with E-state index >= 15 is 8.78 Å². The molecule has 0 radical (unpaired) electrons. The predicted molar refractivity (Wildman–Crippen MR) is 246 cm³/mol. The molecule has 66 heavy (non-hydrogen) atoms. The molecule has 6 aromatic rings. The molecule has 344 valence electrons. The second-order valence-electron chi connectivity index (χ2n) is 18.1. The summed E-state index contributed by atoms with van der Waals surface area (Å²) >= 11 is 0. The van der Waals surface area contributed by atoms with Gasteiger partial charge in [-0.2, -0.15) is 0 Å². The molecule has 0 aliphatic carbocycles. The first-order chi connectivity index (χ1) is 31.5. The molecule has 4 heterocycles. The molecule has 0 atom stereocenters. The highest BCUT2D eigenvalue weighted by atomic mass is 19.1. The van der Waals surface area contributed by atoms with Crippen molar-refractivity contribution in [1.29, 1.82) is 0 Å². The van der Waals surface area contributed by atoms with E-state index in [1.54, 1.807) is 6.07 Å². The Balaban J connectivity index is 1.06. The summed E-state index contributed by atoms with van der Waals surface area (Å²) in [6.45, 7) is 8.06. The Morgan fingerprint density at radius 3 is 1.64 bits per heavy atom. The maximum atomic E-state index is 16.1. The van der Waals surface area contributed by atoms with Crippen molar-refractivity contribution in [1.82, 2.24) is 25.3 Å². The Labute approximate surface area is 380 Å². The number of amides is 1. The number of rotatable bonds is 10. The molecule has 2 aliphatic heterocycles. The molecule has 7 N–H and O–H groups in total. The summed E-state index contributed by atoms with van der Waals surface area (Å²) in [5, 5.41) is 26.9. The number of benzene rings is 4. The molecule has 4 aromatic carbocycles. The fraction of sp³-hybridized carbons (Fsp3) is 0.327. The van der Waals surface area contributed by atoms with E-state index in [2.05, 4.69) is 37.4 Å². The molecular weight excluding hydrogens is 853 g/mol. The van der Waals surface area contributed by atoms with Crippen LogP contribution in [0.15, 0.2) is 97.1 Å². The van der Waals surface area contributed by atoms with Gasteiger partial charge in [-0.15, -0.1) is 20.4 Å². The second-order valence-corrected chi connectivity index (χ2v) is 18.1. The number of carbonyl (C=O) groups excluding carboxylic acids is 1. The third kappa shape index (κ3) is 8.99. The standard InChI is InChI=1S/C49H52F4N10O3/c1-47(2,3)63(29-49(31-12-8-5-9-13-31)16-20-62(21-17-49)40-26-38(57-59-44(40)55)34-22-32(50)24-36(52)42(34)64)46(65)66-43-35(23-33(51)25-37(43)53)39-27-41(45(56)60-58-39)61-18-14-48(28-54,15-19-61)30-10-6-4-7-11-30/h4-13,22-27,64H,14-21,28-29,54H2,1-3H3,(H2,55,59)(H2,56,60). The van der Waals surface area contributed by atoms with Crippen molar-refractivity contribution < 1.29 is 32.2 Å². The number of phenols is 1. The Bertz CT molecular complexity index is 2730. The number of nitrogens with two attached hydrogens (primary N) is 3. The monoisotopic (exact) mass is 904 g/mol. The lowest BCUT2D eigenvalue weighted by Crippen LogP contribution is -2.56. The fourth-order valence-electron chi connectivity index (χ4n) is 9.27. The van der Waals surface area contributed by atoms with Gasteiger partial charge in [0, 0.05) is 73.3 Å². The molecule has 17 heteroatoms. The van der Waals surface area contributed by atoms with Gasteiger partial charge in [0.2, 0.25) is 0 Å². The molecule has 2 aromatic heterocycles. The van der Waals surface area contributed by atoms with Crippen LogP contribution in [0.2, 0.25) is 0 Å². The number of aromatic hydroxyl groups is 1. The van der Waals surface area contributed by atoms with Crippen molar-refractivity contribution >= 4 is 29.1 Å². The molecule has 2 fully saturated rings. The van der Waals surface area contributed by atoms with Crippen LogP contribution in [0.3, 0.4) is 0 Å². The van der Waals surface area contributed by atoms with Crippen molar-refractivity contribution in [2.45, 2.75) is 62.8 Å². The zero-order chi connectivity index (χ0) is 47.0. The molecule has 2 saturated heterocycles. The number of hydrogen-bond donors (Lipinski definition) is 4. The van der Waals surface area contributed by atoms with Crippen LogP contribution in [0.5, 0.6) is 11.5 Å². The van der Waals surface area contributed by atoms with Gasteiger partial charge >= 0.3 is 6.09 Å². The van der Waals surface area contributed by atoms with Gasteiger partial charge < -0.3 is 41.7 Å². The van der Waals surface area contributed by atoms with Crippen LogP contribution >= 0.6 is 0 Å². The van der Waals surface area contributed by atoms with E-state index in [0.29, 0.717) is 69.1 Å². The van der Waals surface area contributed by atoms with E-state index in [1.165, 1.54) is 11.0 Å². The van der Waals surface area contributed by atoms with E-state index in [9.17, 15) is 18.7 Å². The van der Waals surface area contributed by atoms with Crippen LogP contribution in [-0.4, -0.2) is 81.3 Å². The minimum absolute atomic E-state index is 0.0223. The topological polar surface area (TPSA) is 186 Å². The summed E-state index contributed by atoms with van der Waals surface area (Å²) in [4.78, 5) is 20.2. The first-order valence-corrected chi connectivity index (χ1v) is 21.8. The smallest absolute Gasteiger partial charge is 0.415 e. The van der Waals surface area contributed by atoms with Crippen molar-refractivity contribution in [3.8, 4) is 34.0 Å². The second kappa shape index (κ2) is 18.1. The minimum Gasteiger partial charge on any atom is -0.504 e. The summed E-state index contributed by atoms with van der Waals surface area (Å²) in [7, 11) is 0. The molecule has 0 unspecified atom stereocenters. The first kappa shape index (κ1) is 45.6. The molecule has 13 nitrogen and oxygen atoms in total. The average molecular weight is 905 g/mol. The van der Waals surface area contributed by atoms with Crippen LogP contribution in [0.4, 0.5) is 45.4 Å². The highest BCUT2D eigenvalue weighted by molar-refractivity contribution is 5.79. The zero-order valence-electron chi connectivity index (χ0n) is 36.9. The van der Waals surface area contributed by atoms with Gasteiger partial charge in [-0.3, -0.25) is 0 Å². The van der Waals surface area contributed by atoms with Gasteiger partial charge in [0.05, 0.1) is 28.3 Å².